The molecule has 0 aromatic carbocycles. The van der Waals surface area contributed by atoms with Crippen molar-refractivity contribution in [2.75, 3.05) is 46.3 Å². The lowest BCUT2D eigenvalue weighted by atomic mass is 9.92. The first kappa shape index (κ1) is 22.5. The Morgan fingerprint density at radius 1 is 1.03 bits per heavy atom. The van der Waals surface area contributed by atoms with Crippen LogP contribution in [0.1, 0.15) is 60.5 Å². The SMILES string of the molecule is CCc1nccn1[C@@H](C)C(=O)N1CCC(c2ccc(C(=O)N3CCN(C)CC3)cn2)CC1. The predicted molar refractivity (Wildman–Crippen MR) is 123 cm³/mol. The highest BCUT2D eigenvalue weighted by molar-refractivity contribution is 5.94. The van der Waals surface area contributed by atoms with Crippen LogP contribution < -0.4 is 0 Å². The number of likely N-dealkylation sites (N-methyl/N-ethyl adjacent to an activating group) is 1. The van der Waals surface area contributed by atoms with E-state index in [0.29, 0.717) is 11.5 Å². The van der Waals surface area contributed by atoms with E-state index in [2.05, 4.69) is 28.8 Å². The third kappa shape index (κ3) is 4.70. The molecule has 0 radical (unpaired) electrons. The number of hydrogen-bond acceptors (Lipinski definition) is 5. The summed E-state index contributed by atoms with van der Waals surface area (Å²) in [6.07, 6.45) is 7.97. The van der Waals surface area contributed by atoms with Gasteiger partial charge in [0.15, 0.2) is 0 Å². The first-order valence-electron chi connectivity index (χ1n) is 11.7. The lowest BCUT2D eigenvalue weighted by molar-refractivity contribution is -0.135. The van der Waals surface area contributed by atoms with Crippen molar-refractivity contribution in [2.45, 2.75) is 45.1 Å². The van der Waals surface area contributed by atoms with Gasteiger partial charge in [-0.2, -0.15) is 0 Å². The van der Waals surface area contributed by atoms with Crippen LogP contribution in [0.15, 0.2) is 30.7 Å². The van der Waals surface area contributed by atoms with Crippen LogP contribution in [0.5, 0.6) is 0 Å². The molecule has 2 aliphatic heterocycles. The normalized spacial score (nSPS) is 19.2. The highest BCUT2D eigenvalue weighted by atomic mass is 16.2. The van der Waals surface area contributed by atoms with Crippen molar-refractivity contribution < 1.29 is 9.59 Å². The number of piperazine rings is 1. The fourth-order valence-electron chi connectivity index (χ4n) is 4.71. The lowest BCUT2D eigenvalue weighted by Crippen LogP contribution is -2.47. The van der Waals surface area contributed by atoms with Crippen LogP contribution in [-0.4, -0.2) is 87.4 Å². The molecule has 2 saturated heterocycles. The van der Waals surface area contributed by atoms with Gasteiger partial charge in [-0.1, -0.05) is 6.92 Å². The van der Waals surface area contributed by atoms with E-state index in [-0.39, 0.29) is 17.9 Å². The maximum absolute atomic E-state index is 13.0. The summed E-state index contributed by atoms with van der Waals surface area (Å²) < 4.78 is 1.98. The average Bonchev–Trinajstić information content (AvgIpc) is 3.32. The van der Waals surface area contributed by atoms with E-state index in [4.69, 9.17) is 0 Å². The number of piperidine rings is 1. The zero-order valence-corrected chi connectivity index (χ0v) is 19.4. The highest BCUT2D eigenvalue weighted by Crippen LogP contribution is 2.28. The number of aromatic nitrogens is 3. The van der Waals surface area contributed by atoms with Gasteiger partial charge in [0.2, 0.25) is 5.91 Å². The van der Waals surface area contributed by atoms with Gasteiger partial charge in [0.1, 0.15) is 11.9 Å². The highest BCUT2D eigenvalue weighted by Gasteiger charge is 2.29. The van der Waals surface area contributed by atoms with Crippen LogP contribution in [0, 0.1) is 0 Å². The molecule has 8 heteroatoms. The zero-order valence-electron chi connectivity index (χ0n) is 19.4. The summed E-state index contributed by atoms with van der Waals surface area (Å²) in [5, 5.41) is 0. The van der Waals surface area contributed by atoms with E-state index in [1.54, 1.807) is 12.4 Å². The third-order valence-corrected chi connectivity index (χ3v) is 6.89. The molecule has 0 bridgehead atoms. The number of rotatable bonds is 5. The van der Waals surface area contributed by atoms with Gasteiger partial charge in [-0.15, -0.1) is 0 Å². The van der Waals surface area contributed by atoms with Gasteiger partial charge in [0, 0.05) is 75.9 Å². The number of pyridine rings is 1. The number of aryl methyl sites for hydroxylation is 1. The van der Waals surface area contributed by atoms with Gasteiger partial charge in [-0.25, -0.2) is 4.98 Å². The molecule has 2 fully saturated rings. The van der Waals surface area contributed by atoms with Crippen molar-refractivity contribution >= 4 is 11.8 Å². The smallest absolute Gasteiger partial charge is 0.255 e. The quantitative estimate of drug-likeness (QED) is 0.716. The number of likely N-dealkylation sites (tertiary alicyclic amines) is 1. The second-order valence-electron chi connectivity index (χ2n) is 8.95. The molecule has 1 atom stereocenters. The number of amides is 2. The molecule has 2 aromatic heterocycles. The van der Waals surface area contributed by atoms with Crippen molar-refractivity contribution in [3.63, 3.8) is 0 Å². The van der Waals surface area contributed by atoms with Crippen LogP contribution in [0.2, 0.25) is 0 Å². The minimum Gasteiger partial charge on any atom is -0.341 e. The Hall–Kier alpha value is -2.74. The van der Waals surface area contributed by atoms with Gasteiger partial charge in [0.05, 0.1) is 5.56 Å². The lowest BCUT2D eigenvalue weighted by Gasteiger charge is -2.34. The van der Waals surface area contributed by atoms with Gasteiger partial charge >= 0.3 is 0 Å². The first-order valence-corrected chi connectivity index (χ1v) is 11.7. The fourth-order valence-corrected chi connectivity index (χ4v) is 4.71. The molecule has 4 heterocycles. The third-order valence-electron chi connectivity index (χ3n) is 6.89. The largest absolute Gasteiger partial charge is 0.341 e. The van der Waals surface area contributed by atoms with E-state index in [0.717, 1.165) is 70.0 Å². The van der Waals surface area contributed by atoms with Crippen molar-refractivity contribution in [1.29, 1.82) is 0 Å². The molecule has 0 saturated carbocycles. The Balaban J connectivity index is 1.32. The molecule has 8 nitrogen and oxygen atoms in total. The molecular weight excluding hydrogens is 404 g/mol. The van der Waals surface area contributed by atoms with Crippen LogP contribution in [0.4, 0.5) is 0 Å². The van der Waals surface area contributed by atoms with Crippen LogP contribution in [-0.2, 0) is 11.2 Å². The van der Waals surface area contributed by atoms with E-state index < -0.39 is 0 Å². The molecule has 2 aliphatic rings. The van der Waals surface area contributed by atoms with Crippen molar-refractivity contribution in [3.8, 4) is 0 Å². The standard InChI is InChI=1S/C24H34N6O2/c1-4-22-25-9-12-30(22)18(2)23(31)28-10-7-19(8-11-28)21-6-5-20(17-26-21)24(32)29-15-13-27(3)14-16-29/h5-6,9,12,17-19H,4,7-8,10-11,13-16H2,1-3H3/t18-/m0/s1. The monoisotopic (exact) mass is 438 g/mol. The van der Waals surface area contributed by atoms with Gasteiger partial charge in [-0.3, -0.25) is 14.6 Å². The number of carbonyl (C=O) groups excluding carboxylic acids is 2. The molecule has 0 unspecified atom stereocenters. The van der Waals surface area contributed by atoms with Crippen molar-refractivity contribution in [2.24, 2.45) is 0 Å². The summed E-state index contributed by atoms with van der Waals surface area (Å²) >= 11 is 0. The van der Waals surface area contributed by atoms with Gasteiger partial charge in [-0.05, 0) is 38.9 Å². The van der Waals surface area contributed by atoms with Crippen molar-refractivity contribution in [1.82, 2.24) is 29.2 Å². The number of hydrogen-bond donors (Lipinski definition) is 0. The summed E-state index contributed by atoms with van der Waals surface area (Å²) in [6.45, 7) is 8.82. The number of nitrogens with zero attached hydrogens (tertiary/aromatic N) is 6. The van der Waals surface area contributed by atoms with Crippen LogP contribution in [0.25, 0.3) is 0 Å². The van der Waals surface area contributed by atoms with E-state index in [1.165, 1.54) is 0 Å². The van der Waals surface area contributed by atoms with Gasteiger partial charge < -0.3 is 19.3 Å². The Bertz CT molecular complexity index is 924. The Morgan fingerprint density at radius 3 is 2.38 bits per heavy atom. The summed E-state index contributed by atoms with van der Waals surface area (Å²) in [5.41, 5.74) is 1.68. The number of carbonyl (C=O) groups is 2. The summed E-state index contributed by atoms with van der Waals surface area (Å²) in [4.78, 5) is 40.8. The molecular formula is C24H34N6O2. The summed E-state index contributed by atoms with van der Waals surface area (Å²) in [6, 6.07) is 3.67. The summed E-state index contributed by atoms with van der Waals surface area (Å²) in [5.74, 6) is 1.48. The van der Waals surface area contributed by atoms with E-state index in [9.17, 15) is 9.59 Å². The topological polar surface area (TPSA) is 74.6 Å². The van der Waals surface area contributed by atoms with Gasteiger partial charge in [0.25, 0.3) is 5.91 Å². The van der Waals surface area contributed by atoms with E-state index >= 15 is 0 Å². The molecule has 0 aliphatic carbocycles. The molecule has 0 N–H and O–H groups in total. The maximum atomic E-state index is 13.0. The second-order valence-corrected chi connectivity index (χ2v) is 8.95. The zero-order chi connectivity index (χ0) is 22.7. The molecule has 2 aromatic rings. The Morgan fingerprint density at radius 2 is 1.75 bits per heavy atom. The van der Waals surface area contributed by atoms with E-state index in [1.807, 2.05) is 39.6 Å². The Kier molecular flexibility index (Phi) is 6.89. The first-order chi connectivity index (χ1) is 15.5. The average molecular weight is 439 g/mol. The number of imidazole rings is 1. The minimum absolute atomic E-state index is 0.0671. The molecule has 32 heavy (non-hydrogen) atoms. The predicted octanol–water partition coefficient (Wildman–Crippen LogP) is 2.20. The maximum Gasteiger partial charge on any atom is 0.255 e. The molecule has 0 spiro atoms. The second kappa shape index (κ2) is 9.81. The molecule has 4 rings (SSSR count). The van der Waals surface area contributed by atoms with Crippen LogP contribution in [0.3, 0.4) is 0 Å². The molecule has 172 valence electrons. The van der Waals surface area contributed by atoms with Crippen molar-refractivity contribution in [3.05, 3.63) is 47.8 Å². The fraction of sp³-hybridized carbons (Fsp3) is 0.583. The Labute approximate surface area is 190 Å². The van der Waals surface area contributed by atoms with Crippen LogP contribution >= 0.6 is 0 Å². The minimum atomic E-state index is -0.234. The summed E-state index contributed by atoms with van der Waals surface area (Å²) in [7, 11) is 2.08. The molecule has 2 amide bonds.